The Hall–Kier alpha value is -7.96. The highest BCUT2D eigenvalue weighted by Crippen LogP contribution is 2.38. The Morgan fingerprint density at radius 1 is 0.350 bits per heavy atom. The van der Waals surface area contributed by atoms with Crippen molar-refractivity contribution in [2.75, 3.05) is 0 Å². The topological polar surface area (TPSA) is 61.4 Å². The van der Waals surface area contributed by atoms with Gasteiger partial charge in [0.05, 0.1) is 33.1 Å². The van der Waals surface area contributed by atoms with Crippen molar-refractivity contribution in [1.82, 2.24) is 29.1 Å². The first-order valence-corrected chi connectivity index (χ1v) is 20.2. The van der Waals surface area contributed by atoms with Crippen LogP contribution in [0.15, 0.2) is 208 Å². The molecule has 0 amide bonds. The molecule has 0 aliphatic carbocycles. The molecular weight excluding hydrogens is 733 g/mol. The zero-order valence-corrected chi connectivity index (χ0v) is 33.6. The summed E-state index contributed by atoms with van der Waals surface area (Å²) in [5, 5.41) is 2.22. The van der Waals surface area contributed by atoms with Gasteiger partial charge in [0.1, 0.15) is 0 Å². The van der Waals surface area contributed by atoms with Crippen molar-refractivity contribution in [1.29, 1.82) is 0 Å². The van der Waals surface area contributed by atoms with Gasteiger partial charge in [-0.3, -0.25) is 19.9 Å². The van der Waals surface area contributed by atoms with Crippen LogP contribution in [0.2, 0.25) is 0 Å². The molecule has 11 rings (SSSR count). The number of fused-ring (bicyclic) bond motifs is 6. The summed E-state index contributed by atoms with van der Waals surface area (Å²) < 4.78 is 4.66. The second-order valence-electron chi connectivity index (χ2n) is 14.0. The lowest BCUT2D eigenvalue weighted by Gasteiger charge is -2.13. The number of rotatable bonds is 6. The molecule has 60 heavy (non-hydrogen) atoms. The fraction of sp³-hybridized carbons (Fsp3) is 0.0370. The summed E-state index contributed by atoms with van der Waals surface area (Å²) in [6.45, 7) is 10.0. The second kappa shape index (κ2) is 16.5. The average molecular weight is 775 g/mol. The van der Waals surface area contributed by atoms with Gasteiger partial charge in [-0.1, -0.05) is 80.6 Å². The average Bonchev–Trinajstić information content (AvgIpc) is 3.86. The maximum Gasteiger partial charge on any atom is 0.0963 e. The molecule has 11 aromatic rings. The van der Waals surface area contributed by atoms with E-state index in [1.807, 2.05) is 62.9 Å². The predicted octanol–water partition coefficient (Wildman–Crippen LogP) is 14.0. The molecule has 0 aliphatic rings. The molecule has 0 fully saturated rings. The summed E-state index contributed by atoms with van der Waals surface area (Å²) in [7, 11) is 0. The zero-order chi connectivity index (χ0) is 41.0. The van der Waals surface area contributed by atoms with E-state index in [9.17, 15) is 0 Å². The Labute approximate surface area is 349 Å². The largest absolute Gasteiger partial charge is 0.308 e. The number of hydrogen-bond donors (Lipinski definition) is 0. The Kier molecular flexibility index (Phi) is 10.3. The molecule has 0 atom stereocenters. The summed E-state index contributed by atoms with van der Waals surface area (Å²) in [5.41, 5.74) is 17.4. The van der Waals surface area contributed by atoms with E-state index in [4.69, 9.17) is 9.97 Å². The summed E-state index contributed by atoms with van der Waals surface area (Å²) in [6, 6.07) is 56.0. The first-order valence-electron chi connectivity index (χ1n) is 20.2. The van der Waals surface area contributed by atoms with Crippen LogP contribution in [-0.4, -0.2) is 29.1 Å². The van der Waals surface area contributed by atoms with Crippen molar-refractivity contribution in [2.45, 2.75) is 13.8 Å². The van der Waals surface area contributed by atoms with Crippen LogP contribution in [0.4, 0.5) is 0 Å². The Balaban J connectivity index is 0.00000112. The van der Waals surface area contributed by atoms with Crippen molar-refractivity contribution < 1.29 is 0 Å². The minimum Gasteiger partial charge on any atom is -0.308 e. The van der Waals surface area contributed by atoms with Crippen LogP contribution in [0.1, 0.15) is 13.8 Å². The predicted molar refractivity (Wildman–Crippen MR) is 251 cm³/mol. The molecule has 0 saturated heterocycles. The molecule has 288 valence electrons. The first-order chi connectivity index (χ1) is 29.8. The highest BCUT2D eigenvalue weighted by atomic mass is 15.0. The van der Waals surface area contributed by atoms with Gasteiger partial charge in [-0.25, -0.2) is 0 Å². The standard InChI is InChI=1S/C50H32N6.C2H6.C2H4/c1-8-33(26-35(10-1)39-12-4-22-51-31-39)37-18-20-45-43(28-37)49-47(16-6-24-53-49)55(45)41-14-3-15-42(30-41)56-46-21-19-38(29-44(46)50-48(56)17-7-25-54-50)34-9-2-11-36(27-34)40-13-5-23-52-32-40;2*1-2/h1-32H;1-2H3;1-2H2. The smallest absolute Gasteiger partial charge is 0.0963 e. The Bertz CT molecular complexity index is 3060. The maximum absolute atomic E-state index is 4.92. The monoisotopic (exact) mass is 774 g/mol. The van der Waals surface area contributed by atoms with Crippen LogP contribution in [0.3, 0.4) is 0 Å². The van der Waals surface area contributed by atoms with Crippen LogP contribution in [0, 0.1) is 0 Å². The van der Waals surface area contributed by atoms with E-state index in [1.165, 1.54) is 0 Å². The highest BCUT2D eigenvalue weighted by Gasteiger charge is 2.18. The molecule has 6 aromatic heterocycles. The van der Waals surface area contributed by atoms with Crippen LogP contribution in [-0.2, 0) is 0 Å². The molecule has 0 N–H and O–H groups in total. The summed E-state index contributed by atoms with van der Waals surface area (Å²) >= 11 is 0. The van der Waals surface area contributed by atoms with Crippen molar-refractivity contribution in [3.05, 3.63) is 208 Å². The number of benzene rings is 5. The van der Waals surface area contributed by atoms with Crippen LogP contribution < -0.4 is 0 Å². The van der Waals surface area contributed by atoms with Gasteiger partial charge in [0.25, 0.3) is 0 Å². The van der Waals surface area contributed by atoms with Gasteiger partial charge in [0, 0.05) is 70.5 Å². The van der Waals surface area contributed by atoms with Gasteiger partial charge < -0.3 is 9.13 Å². The molecule has 0 aliphatic heterocycles. The minimum atomic E-state index is 0.972. The third-order valence-corrected chi connectivity index (χ3v) is 10.8. The van der Waals surface area contributed by atoms with Gasteiger partial charge in [-0.2, -0.15) is 0 Å². The van der Waals surface area contributed by atoms with Crippen molar-refractivity contribution in [2.24, 2.45) is 0 Å². The van der Waals surface area contributed by atoms with E-state index >= 15 is 0 Å². The molecule has 6 nitrogen and oxygen atoms in total. The SMILES string of the molecule is C=C.CC.c1cncc(-c2cccc(-c3ccc4c(c3)c3ncccc3n4-c3cccc(-n4c5ccc(-c6cccc(-c7cccnc7)c6)cc5c5ncccc54)c3)c2)c1. The maximum atomic E-state index is 4.92. The van der Waals surface area contributed by atoms with Crippen LogP contribution in [0.5, 0.6) is 0 Å². The van der Waals surface area contributed by atoms with Gasteiger partial charge in [0.2, 0.25) is 0 Å². The first kappa shape index (κ1) is 37.6. The van der Waals surface area contributed by atoms with Crippen molar-refractivity contribution in [3.63, 3.8) is 0 Å². The van der Waals surface area contributed by atoms with E-state index in [0.717, 1.165) is 99.8 Å². The van der Waals surface area contributed by atoms with Crippen molar-refractivity contribution >= 4 is 43.9 Å². The summed E-state index contributed by atoms with van der Waals surface area (Å²) in [4.78, 5) is 18.5. The Morgan fingerprint density at radius 3 is 1.17 bits per heavy atom. The molecule has 0 radical (unpaired) electrons. The van der Waals surface area contributed by atoms with E-state index in [2.05, 4.69) is 166 Å². The normalized spacial score (nSPS) is 11.0. The zero-order valence-electron chi connectivity index (χ0n) is 33.6. The number of pyridine rings is 4. The minimum absolute atomic E-state index is 0.972. The van der Waals surface area contributed by atoms with Gasteiger partial charge >= 0.3 is 0 Å². The number of hydrogen-bond acceptors (Lipinski definition) is 4. The molecule has 5 aromatic carbocycles. The molecule has 0 saturated carbocycles. The molecular formula is C54H42N6. The molecule has 6 heterocycles. The van der Waals surface area contributed by atoms with E-state index in [-0.39, 0.29) is 0 Å². The lowest BCUT2D eigenvalue weighted by molar-refractivity contribution is 1.13. The van der Waals surface area contributed by atoms with E-state index < -0.39 is 0 Å². The van der Waals surface area contributed by atoms with E-state index in [1.54, 1.807) is 12.4 Å². The molecule has 6 heteroatoms. The molecule has 0 spiro atoms. The number of nitrogens with zero attached hydrogens (tertiary/aromatic N) is 6. The quantitative estimate of drug-likeness (QED) is 0.158. The fourth-order valence-corrected chi connectivity index (χ4v) is 8.18. The number of aromatic nitrogens is 6. The molecule has 0 unspecified atom stereocenters. The van der Waals surface area contributed by atoms with Gasteiger partial charge in [0.15, 0.2) is 0 Å². The van der Waals surface area contributed by atoms with Gasteiger partial charge in [-0.15, -0.1) is 13.2 Å². The lowest BCUT2D eigenvalue weighted by Crippen LogP contribution is -1.98. The third-order valence-electron chi connectivity index (χ3n) is 10.8. The highest BCUT2D eigenvalue weighted by molar-refractivity contribution is 6.10. The lowest BCUT2D eigenvalue weighted by atomic mass is 9.99. The summed E-state index contributed by atoms with van der Waals surface area (Å²) in [5.74, 6) is 0. The fourth-order valence-electron chi connectivity index (χ4n) is 8.18. The van der Waals surface area contributed by atoms with Crippen LogP contribution >= 0.6 is 0 Å². The second-order valence-corrected chi connectivity index (χ2v) is 14.0. The molecule has 0 bridgehead atoms. The van der Waals surface area contributed by atoms with Crippen LogP contribution in [0.25, 0.3) is 99.8 Å². The Morgan fingerprint density at radius 2 is 0.733 bits per heavy atom. The summed E-state index contributed by atoms with van der Waals surface area (Å²) in [6.07, 6.45) is 11.2. The third kappa shape index (κ3) is 6.70. The van der Waals surface area contributed by atoms with E-state index in [0.29, 0.717) is 0 Å². The van der Waals surface area contributed by atoms with Crippen molar-refractivity contribution in [3.8, 4) is 55.9 Å². The van der Waals surface area contributed by atoms with Gasteiger partial charge in [-0.05, 0) is 124 Å².